The van der Waals surface area contributed by atoms with E-state index in [4.69, 9.17) is 15.2 Å². The number of nitrogen functional groups attached to an aromatic ring is 1. The lowest BCUT2D eigenvalue weighted by Crippen LogP contribution is -1.93. The first-order valence-corrected chi connectivity index (χ1v) is 5.42. The van der Waals surface area contributed by atoms with Crippen molar-refractivity contribution in [2.45, 2.75) is 13.3 Å². The standard InChI is InChI=1S/C12H13N3O2/c1-7-9(15-12(13)14-7)4-8-2-3-10-11(5-8)17-6-16-10/h2-3,5H,4,6H2,1H3,(H3,13,14,15). The number of nitrogens with zero attached hydrogens (tertiary/aromatic N) is 1. The average molecular weight is 231 g/mol. The molecule has 0 spiro atoms. The molecule has 0 aliphatic carbocycles. The third kappa shape index (κ3) is 1.80. The third-order valence-electron chi connectivity index (χ3n) is 2.81. The molecule has 3 N–H and O–H groups in total. The highest BCUT2D eigenvalue weighted by Gasteiger charge is 2.14. The molecule has 88 valence electrons. The van der Waals surface area contributed by atoms with E-state index >= 15 is 0 Å². The number of nitrogens with one attached hydrogen (secondary N) is 1. The lowest BCUT2D eigenvalue weighted by Gasteiger charge is -2.01. The second kappa shape index (κ2) is 3.69. The summed E-state index contributed by atoms with van der Waals surface area (Å²) in [6.07, 6.45) is 0.732. The van der Waals surface area contributed by atoms with Gasteiger partial charge >= 0.3 is 0 Å². The maximum absolute atomic E-state index is 5.61. The zero-order valence-corrected chi connectivity index (χ0v) is 9.49. The summed E-state index contributed by atoms with van der Waals surface area (Å²) in [7, 11) is 0. The number of ether oxygens (including phenoxy) is 2. The van der Waals surface area contributed by atoms with E-state index in [9.17, 15) is 0 Å². The van der Waals surface area contributed by atoms with Gasteiger partial charge in [-0.1, -0.05) is 6.07 Å². The highest BCUT2D eigenvalue weighted by molar-refractivity contribution is 5.45. The largest absolute Gasteiger partial charge is 0.454 e. The SMILES string of the molecule is Cc1[nH]c(N)nc1Cc1ccc2c(c1)OCO2. The minimum Gasteiger partial charge on any atom is -0.454 e. The van der Waals surface area contributed by atoms with E-state index in [0.717, 1.165) is 34.9 Å². The monoisotopic (exact) mass is 231 g/mol. The van der Waals surface area contributed by atoms with E-state index in [2.05, 4.69) is 9.97 Å². The van der Waals surface area contributed by atoms with Crippen molar-refractivity contribution in [2.75, 3.05) is 12.5 Å². The van der Waals surface area contributed by atoms with Crippen molar-refractivity contribution in [3.05, 3.63) is 35.2 Å². The average Bonchev–Trinajstić information content (AvgIpc) is 2.85. The van der Waals surface area contributed by atoms with E-state index in [1.165, 1.54) is 0 Å². The summed E-state index contributed by atoms with van der Waals surface area (Å²) in [5.74, 6) is 2.05. The quantitative estimate of drug-likeness (QED) is 0.823. The molecule has 0 saturated heterocycles. The fourth-order valence-corrected chi connectivity index (χ4v) is 1.94. The smallest absolute Gasteiger partial charge is 0.231 e. The fourth-order valence-electron chi connectivity index (χ4n) is 1.94. The first-order valence-electron chi connectivity index (χ1n) is 5.42. The van der Waals surface area contributed by atoms with Crippen molar-refractivity contribution in [1.82, 2.24) is 9.97 Å². The molecule has 3 rings (SSSR count). The zero-order chi connectivity index (χ0) is 11.8. The highest BCUT2D eigenvalue weighted by atomic mass is 16.7. The molecule has 1 aromatic carbocycles. The number of hydrogen-bond donors (Lipinski definition) is 2. The van der Waals surface area contributed by atoms with Gasteiger partial charge in [-0.05, 0) is 24.6 Å². The number of H-pyrrole nitrogens is 1. The second-order valence-corrected chi connectivity index (χ2v) is 4.06. The van der Waals surface area contributed by atoms with E-state index in [1.54, 1.807) is 0 Å². The molecule has 0 amide bonds. The van der Waals surface area contributed by atoms with Crippen molar-refractivity contribution in [1.29, 1.82) is 0 Å². The molecule has 2 aromatic rings. The number of anilines is 1. The van der Waals surface area contributed by atoms with Crippen LogP contribution in [0.3, 0.4) is 0 Å². The third-order valence-corrected chi connectivity index (χ3v) is 2.81. The topological polar surface area (TPSA) is 73.2 Å². The Hall–Kier alpha value is -2.17. The Labute approximate surface area is 98.6 Å². The van der Waals surface area contributed by atoms with Gasteiger partial charge in [0.15, 0.2) is 17.4 Å². The van der Waals surface area contributed by atoms with Crippen LogP contribution >= 0.6 is 0 Å². The van der Waals surface area contributed by atoms with Gasteiger partial charge in [0.25, 0.3) is 0 Å². The molecule has 0 atom stereocenters. The molecule has 1 aromatic heterocycles. The Bertz CT molecular complexity index is 563. The summed E-state index contributed by atoms with van der Waals surface area (Å²) in [4.78, 5) is 7.24. The molecule has 0 bridgehead atoms. The van der Waals surface area contributed by atoms with Gasteiger partial charge in [-0.15, -0.1) is 0 Å². The van der Waals surface area contributed by atoms with Crippen LogP contribution in [0.4, 0.5) is 5.95 Å². The Morgan fingerprint density at radius 2 is 2.18 bits per heavy atom. The number of benzene rings is 1. The number of aromatic nitrogens is 2. The van der Waals surface area contributed by atoms with E-state index < -0.39 is 0 Å². The summed E-state index contributed by atoms with van der Waals surface area (Å²) in [5.41, 5.74) is 8.70. The number of aromatic amines is 1. The first kappa shape index (κ1) is 10.0. The second-order valence-electron chi connectivity index (χ2n) is 4.06. The van der Waals surface area contributed by atoms with Crippen LogP contribution in [-0.2, 0) is 6.42 Å². The lowest BCUT2D eigenvalue weighted by atomic mass is 10.1. The Morgan fingerprint density at radius 1 is 1.35 bits per heavy atom. The highest BCUT2D eigenvalue weighted by Crippen LogP contribution is 2.33. The molecule has 0 fully saturated rings. The Morgan fingerprint density at radius 3 is 2.94 bits per heavy atom. The minimum absolute atomic E-state index is 0.299. The normalized spacial score (nSPS) is 13.0. The van der Waals surface area contributed by atoms with Crippen LogP contribution in [0.15, 0.2) is 18.2 Å². The van der Waals surface area contributed by atoms with Gasteiger partial charge in [-0.3, -0.25) is 0 Å². The maximum Gasteiger partial charge on any atom is 0.231 e. The van der Waals surface area contributed by atoms with Crippen molar-refractivity contribution in [2.24, 2.45) is 0 Å². The van der Waals surface area contributed by atoms with Gasteiger partial charge in [0.1, 0.15) is 0 Å². The van der Waals surface area contributed by atoms with Crippen LogP contribution in [0.1, 0.15) is 17.0 Å². The summed E-state index contributed by atoms with van der Waals surface area (Å²) in [6, 6.07) is 5.91. The van der Waals surface area contributed by atoms with Crippen molar-refractivity contribution in [3.8, 4) is 11.5 Å². The molecule has 2 heterocycles. The Kier molecular flexibility index (Phi) is 2.18. The molecule has 0 radical (unpaired) electrons. The maximum atomic E-state index is 5.61. The van der Waals surface area contributed by atoms with Gasteiger partial charge in [-0.25, -0.2) is 4.98 Å². The predicted molar refractivity (Wildman–Crippen MR) is 63.1 cm³/mol. The summed E-state index contributed by atoms with van der Waals surface area (Å²) in [5, 5.41) is 0. The molecule has 0 unspecified atom stereocenters. The van der Waals surface area contributed by atoms with E-state index in [1.807, 2.05) is 25.1 Å². The number of nitrogens with two attached hydrogens (primary N) is 1. The number of imidazole rings is 1. The van der Waals surface area contributed by atoms with Gasteiger partial charge in [0.05, 0.1) is 5.69 Å². The lowest BCUT2D eigenvalue weighted by molar-refractivity contribution is 0.174. The molecular formula is C12H13N3O2. The van der Waals surface area contributed by atoms with Crippen LogP contribution < -0.4 is 15.2 Å². The van der Waals surface area contributed by atoms with Gasteiger partial charge in [0.2, 0.25) is 6.79 Å². The van der Waals surface area contributed by atoms with Crippen LogP contribution in [0.25, 0.3) is 0 Å². The van der Waals surface area contributed by atoms with Crippen molar-refractivity contribution >= 4 is 5.95 Å². The van der Waals surface area contributed by atoms with Crippen LogP contribution in [-0.4, -0.2) is 16.8 Å². The molecule has 5 nitrogen and oxygen atoms in total. The summed E-state index contributed by atoms with van der Waals surface area (Å²) < 4.78 is 10.6. The van der Waals surface area contributed by atoms with Crippen LogP contribution in [0.5, 0.6) is 11.5 Å². The zero-order valence-electron chi connectivity index (χ0n) is 9.49. The number of rotatable bonds is 2. The van der Waals surface area contributed by atoms with Crippen LogP contribution in [0, 0.1) is 6.92 Å². The van der Waals surface area contributed by atoms with Gasteiger partial charge in [0, 0.05) is 12.1 Å². The van der Waals surface area contributed by atoms with Gasteiger partial charge < -0.3 is 20.2 Å². The minimum atomic E-state index is 0.299. The number of hydrogen-bond acceptors (Lipinski definition) is 4. The van der Waals surface area contributed by atoms with E-state index in [-0.39, 0.29) is 0 Å². The Balaban J connectivity index is 1.88. The number of aryl methyl sites for hydroxylation is 1. The van der Waals surface area contributed by atoms with Gasteiger partial charge in [-0.2, -0.15) is 0 Å². The molecule has 17 heavy (non-hydrogen) atoms. The van der Waals surface area contributed by atoms with Crippen LogP contribution in [0.2, 0.25) is 0 Å². The molecule has 0 saturated carbocycles. The predicted octanol–water partition coefficient (Wildman–Crippen LogP) is 1.62. The van der Waals surface area contributed by atoms with E-state index in [0.29, 0.717) is 12.7 Å². The number of fused-ring (bicyclic) bond motifs is 1. The molecule has 1 aliphatic heterocycles. The fraction of sp³-hybridized carbons (Fsp3) is 0.250. The molecule has 5 heteroatoms. The summed E-state index contributed by atoms with van der Waals surface area (Å²) >= 11 is 0. The molecule has 1 aliphatic rings. The van der Waals surface area contributed by atoms with Crippen molar-refractivity contribution < 1.29 is 9.47 Å². The van der Waals surface area contributed by atoms with Crippen molar-refractivity contribution in [3.63, 3.8) is 0 Å². The summed E-state index contributed by atoms with van der Waals surface area (Å²) in [6.45, 7) is 2.26. The molecular weight excluding hydrogens is 218 g/mol. The first-order chi connectivity index (χ1) is 8.22.